The van der Waals surface area contributed by atoms with Crippen LogP contribution >= 0.6 is 0 Å². The number of benzene rings is 2. The zero-order valence-corrected chi connectivity index (χ0v) is 15.8. The summed E-state index contributed by atoms with van der Waals surface area (Å²) in [4.78, 5) is 24.8. The zero-order valence-electron chi connectivity index (χ0n) is 15.8. The van der Waals surface area contributed by atoms with E-state index in [0.717, 1.165) is 31.2 Å². The van der Waals surface area contributed by atoms with Crippen LogP contribution in [-0.2, 0) is 16.1 Å². The fraction of sp³-hybridized carbons (Fsp3) is 0.364. The summed E-state index contributed by atoms with van der Waals surface area (Å²) in [7, 11) is 0. The van der Waals surface area contributed by atoms with E-state index >= 15 is 0 Å². The molecule has 0 aromatic heterocycles. The number of hydrogen-bond donors (Lipinski definition) is 1. The van der Waals surface area contributed by atoms with Gasteiger partial charge in [0.15, 0.2) is 6.10 Å². The monoisotopic (exact) mass is 385 g/mol. The Kier molecular flexibility index (Phi) is 6.63. The van der Waals surface area contributed by atoms with E-state index in [0.29, 0.717) is 5.75 Å². The topological polar surface area (TPSA) is 64.6 Å². The number of rotatable bonds is 7. The fourth-order valence-corrected chi connectivity index (χ4v) is 3.17. The van der Waals surface area contributed by atoms with Crippen molar-refractivity contribution < 1.29 is 23.5 Å². The van der Waals surface area contributed by atoms with Crippen LogP contribution in [0.3, 0.4) is 0 Å². The first-order chi connectivity index (χ1) is 13.5. The van der Waals surface area contributed by atoms with Crippen LogP contribution in [0.5, 0.6) is 5.75 Å². The van der Waals surface area contributed by atoms with Crippen molar-refractivity contribution >= 4 is 11.9 Å². The largest absolute Gasteiger partial charge is 0.488 e. The van der Waals surface area contributed by atoms with Gasteiger partial charge in [0.1, 0.15) is 23.7 Å². The third-order valence-electron chi connectivity index (χ3n) is 4.77. The highest BCUT2D eigenvalue weighted by Crippen LogP contribution is 2.22. The fourth-order valence-electron chi connectivity index (χ4n) is 3.17. The molecule has 1 saturated carbocycles. The smallest absolute Gasteiger partial charge is 0.342 e. The van der Waals surface area contributed by atoms with Gasteiger partial charge in [0.25, 0.3) is 5.91 Å². The highest BCUT2D eigenvalue weighted by molar-refractivity contribution is 5.94. The van der Waals surface area contributed by atoms with Crippen molar-refractivity contribution in [3.8, 4) is 5.75 Å². The molecule has 1 atom stereocenters. The molecule has 0 heterocycles. The quantitative estimate of drug-likeness (QED) is 0.732. The highest BCUT2D eigenvalue weighted by atomic mass is 19.1. The molecule has 0 spiro atoms. The van der Waals surface area contributed by atoms with Crippen LogP contribution in [0.4, 0.5) is 4.39 Å². The maximum atomic E-state index is 13.0. The van der Waals surface area contributed by atoms with Crippen LogP contribution in [0, 0.1) is 5.82 Å². The minimum absolute atomic E-state index is 0.167. The number of esters is 1. The van der Waals surface area contributed by atoms with Crippen molar-refractivity contribution in [3.05, 3.63) is 65.5 Å². The summed E-state index contributed by atoms with van der Waals surface area (Å²) in [6.07, 6.45) is 3.26. The van der Waals surface area contributed by atoms with Gasteiger partial charge in [0.2, 0.25) is 0 Å². The van der Waals surface area contributed by atoms with Crippen LogP contribution in [-0.4, -0.2) is 24.0 Å². The first-order valence-corrected chi connectivity index (χ1v) is 9.50. The molecule has 6 heteroatoms. The Morgan fingerprint density at radius 2 is 1.79 bits per heavy atom. The molecule has 0 radical (unpaired) electrons. The number of carbonyl (C=O) groups excluding carboxylic acids is 2. The standard InChI is InChI=1S/C22H24FNO4/c1-15(21(25)24-18-6-2-3-7-18)28-22(26)19-8-4-5-9-20(19)27-14-16-10-12-17(23)13-11-16/h4-5,8-13,15,18H,2-3,6-7,14H2,1H3,(H,24,25)/t15-/m0/s1. The minimum Gasteiger partial charge on any atom is -0.488 e. The number of carbonyl (C=O) groups is 2. The third-order valence-corrected chi connectivity index (χ3v) is 4.77. The molecule has 1 aliphatic rings. The van der Waals surface area contributed by atoms with E-state index in [1.807, 2.05) is 0 Å². The molecule has 3 rings (SSSR count). The molecular weight excluding hydrogens is 361 g/mol. The van der Waals surface area contributed by atoms with Crippen molar-refractivity contribution in [1.82, 2.24) is 5.32 Å². The van der Waals surface area contributed by atoms with Gasteiger partial charge < -0.3 is 14.8 Å². The van der Waals surface area contributed by atoms with E-state index in [4.69, 9.17) is 9.47 Å². The summed E-state index contributed by atoms with van der Waals surface area (Å²) < 4.78 is 24.0. The Bertz CT molecular complexity index is 816. The molecule has 0 unspecified atom stereocenters. The molecule has 1 N–H and O–H groups in total. The lowest BCUT2D eigenvalue weighted by molar-refractivity contribution is -0.129. The van der Waals surface area contributed by atoms with E-state index in [1.165, 1.54) is 12.1 Å². The Balaban J connectivity index is 1.59. The zero-order chi connectivity index (χ0) is 19.9. The molecule has 1 aliphatic carbocycles. The van der Waals surface area contributed by atoms with Crippen molar-refractivity contribution in [2.45, 2.75) is 51.4 Å². The SMILES string of the molecule is C[C@H](OC(=O)c1ccccc1OCc1ccc(F)cc1)C(=O)NC1CCCC1. The molecule has 0 bridgehead atoms. The highest BCUT2D eigenvalue weighted by Gasteiger charge is 2.24. The van der Waals surface area contributed by atoms with Crippen molar-refractivity contribution in [2.75, 3.05) is 0 Å². The van der Waals surface area contributed by atoms with Gasteiger partial charge >= 0.3 is 5.97 Å². The van der Waals surface area contributed by atoms with E-state index in [2.05, 4.69) is 5.32 Å². The summed E-state index contributed by atoms with van der Waals surface area (Å²) in [5.74, 6) is -0.883. The van der Waals surface area contributed by atoms with Crippen molar-refractivity contribution in [3.63, 3.8) is 0 Å². The van der Waals surface area contributed by atoms with E-state index in [-0.39, 0.29) is 29.9 Å². The summed E-state index contributed by atoms with van der Waals surface area (Å²) in [6.45, 7) is 1.74. The first kappa shape index (κ1) is 19.9. The van der Waals surface area contributed by atoms with Gasteiger partial charge in [0, 0.05) is 6.04 Å². The minimum atomic E-state index is -0.891. The average molecular weight is 385 g/mol. The number of para-hydroxylation sites is 1. The van der Waals surface area contributed by atoms with Gasteiger partial charge in [-0.3, -0.25) is 4.79 Å². The van der Waals surface area contributed by atoms with Crippen LogP contribution in [0.2, 0.25) is 0 Å². The first-order valence-electron chi connectivity index (χ1n) is 9.50. The molecular formula is C22H24FNO4. The lowest BCUT2D eigenvalue weighted by Crippen LogP contribution is -2.40. The summed E-state index contributed by atoms with van der Waals surface area (Å²) in [6, 6.07) is 12.8. The van der Waals surface area contributed by atoms with Crippen molar-refractivity contribution in [1.29, 1.82) is 0 Å². The second-order valence-electron chi connectivity index (χ2n) is 6.95. The Morgan fingerprint density at radius 1 is 1.11 bits per heavy atom. The number of hydrogen-bond acceptors (Lipinski definition) is 4. The number of halogens is 1. The van der Waals surface area contributed by atoms with Crippen LogP contribution in [0.15, 0.2) is 48.5 Å². The van der Waals surface area contributed by atoms with Gasteiger partial charge in [-0.2, -0.15) is 0 Å². The summed E-state index contributed by atoms with van der Waals surface area (Å²) in [5, 5.41) is 2.92. The van der Waals surface area contributed by atoms with Crippen LogP contribution in [0.1, 0.15) is 48.5 Å². The van der Waals surface area contributed by atoms with Crippen LogP contribution < -0.4 is 10.1 Å². The summed E-state index contributed by atoms with van der Waals surface area (Å²) >= 11 is 0. The van der Waals surface area contributed by atoms with Crippen LogP contribution in [0.25, 0.3) is 0 Å². The summed E-state index contributed by atoms with van der Waals surface area (Å²) in [5.41, 5.74) is 1.01. The average Bonchev–Trinajstić information content (AvgIpc) is 3.20. The second kappa shape index (κ2) is 9.35. The molecule has 1 amide bonds. The molecule has 0 aliphatic heterocycles. The third kappa shape index (κ3) is 5.31. The molecule has 5 nitrogen and oxygen atoms in total. The second-order valence-corrected chi connectivity index (χ2v) is 6.95. The van der Waals surface area contributed by atoms with Crippen molar-refractivity contribution in [2.24, 2.45) is 0 Å². The Hall–Kier alpha value is -2.89. The Labute approximate surface area is 163 Å². The number of ether oxygens (including phenoxy) is 2. The molecule has 0 saturated heterocycles. The number of nitrogens with one attached hydrogen (secondary N) is 1. The van der Waals surface area contributed by atoms with Gasteiger partial charge in [0.05, 0.1) is 0 Å². The van der Waals surface area contributed by atoms with E-state index in [9.17, 15) is 14.0 Å². The van der Waals surface area contributed by atoms with E-state index < -0.39 is 12.1 Å². The molecule has 2 aromatic carbocycles. The van der Waals surface area contributed by atoms with Gasteiger partial charge in [-0.15, -0.1) is 0 Å². The maximum Gasteiger partial charge on any atom is 0.342 e. The normalized spacial score (nSPS) is 15.1. The maximum absolute atomic E-state index is 13.0. The lowest BCUT2D eigenvalue weighted by atomic mass is 10.2. The number of amides is 1. The van der Waals surface area contributed by atoms with Gasteiger partial charge in [-0.1, -0.05) is 37.1 Å². The molecule has 148 valence electrons. The van der Waals surface area contributed by atoms with E-state index in [1.54, 1.807) is 43.3 Å². The molecule has 28 heavy (non-hydrogen) atoms. The van der Waals surface area contributed by atoms with Gasteiger partial charge in [-0.25, -0.2) is 9.18 Å². The Morgan fingerprint density at radius 3 is 2.50 bits per heavy atom. The lowest BCUT2D eigenvalue weighted by Gasteiger charge is -2.18. The molecule has 2 aromatic rings. The predicted octanol–water partition coefficient (Wildman–Crippen LogP) is 4.01. The predicted molar refractivity (Wildman–Crippen MR) is 102 cm³/mol. The van der Waals surface area contributed by atoms with Gasteiger partial charge in [-0.05, 0) is 49.6 Å². The molecule has 1 fully saturated rings.